The molecule has 1 unspecified atom stereocenters. The normalized spacial score (nSPS) is 20.8. The molecule has 1 atom stereocenters. The summed E-state index contributed by atoms with van der Waals surface area (Å²) in [4.78, 5) is 22.4. The van der Waals surface area contributed by atoms with Crippen LogP contribution in [0.25, 0.3) is 0 Å². The Morgan fingerprint density at radius 3 is 2.72 bits per heavy atom. The van der Waals surface area contributed by atoms with Gasteiger partial charge in [-0.05, 0) is 19.4 Å². The van der Waals surface area contributed by atoms with E-state index in [0.29, 0.717) is 12.0 Å². The Hall–Kier alpha value is -2.48. The minimum absolute atomic E-state index is 0.307. The molecule has 4 heterocycles. The third-order valence-electron chi connectivity index (χ3n) is 4.65. The van der Waals surface area contributed by atoms with Gasteiger partial charge in [0.25, 0.3) is 0 Å². The lowest BCUT2D eigenvalue weighted by Gasteiger charge is -2.28. The molecule has 2 aromatic heterocycles. The smallest absolute Gasteiger partial charge is 0.224 e. The van der Waals surface area contributed by atoms with Crippen LogP contribution in [0, 0.1) is 6.92 Å². The molecule has 0 saturated carbocycles. The first kappa shape index (κ1) is 16.0. The van der Waals surface area contributed by atoms with Crippen LogP contribution in [-0.4, -0.2) is 65.4 Å². The fraction of sp³-hybridized carbons (Fsp3) is 0.529. The van der Waals surface area contributed by atoms with Gasteiger partial charge in [-0.15, -0.1) is 0 Å². The van der Waals surface area contributed by atoms with Crippen molar-refractivity contribution in [2.45, 2.75) is 19.4 Å². The fourth-order valence-corrected chi connectivity index (χ4v) is 3.35. The highest BCUT2D eigenvalue weighted by atomic mass is 16.5. The van der Waals surface area contributed by atoms with Gasteiger partial charge in [0, 0.05) is 50.8 Å². The maximum absolute atomic E-state index is 5.41. The molecule has 25 heavy (non-hydrogen) atoms. The highest BCUT2D eigenvalue weighted by Gasteiger charge is 2.25. The zero-order chi connectivity index (χ0) is 17.1. The predicted octanol–water partition coefficient (Wildman–Crippen LogP) is 1.10. The van der Waals surface area contributed by atoms with Crippen LogP contribution < -0.4 is 15.1 Å². The van der Waals surface area contributed by atoms with Crippen LogP contribution in [0.4, 0.5) is 17.6 Å². The number of nitrogens with one attached hydrogen (secondary N) is 1. The Kier molecular flexibility index (Phi) is 4.60. The number of aryl methyl sites for hydroxylation is 1. The highest BCUT2D eigenvalue weighted by Crippen LogP contribution is 2.22. The second kappa shape index (κ2) is 7.18. The van der Waals surface area contributed by atoms with E-state index in [1.807, 2.05) is 19.2 Å². The molecule has 0 spiro atoms. The van der Waals surface area contributed by atoms with E-state index in [1.165, 1.54) is 0 Å². The summed E-state index contributed by atoms with van der Waals surface area (Å²) in [5.74, 6) is 2.61. The van der Waals surface area contributed by atoms with E-state index in [0.717, 1.165) is 63.1 Å². The fourth-order valence-electron chi connectivity index (χ4n) is 3.35. The molecule has 8 nitrogen and oxygen atoms in total. The van der Waals surface area contributed by atoms with Gasteiger partial charge in [-0.25, -0.2) is 9.97 Å². The van der Waals surface area contributed by atoms with Crippen molar-refractivity contribution in [3.8, 4) is 0 Å². The summed E-state index contributed by atoms with van der Waals surface area (Å²) in [5, 5.41) is 3.47. The van der Waals surface area contributed by atoms with Gasteiger partial charge in [0.2, 0.25) is 5.95 Å². The molecule has 132 valence electrons. The lowest BCUT2D eigenvalue weighted by Crippen LogP contribution is -2.37. The average Bonchev–Trinajstić information content (AvgIpc) is 3.11. The van der Waals surface area contributed by atoms with Crippen LogP contribution >= 0.6 is 0 Å². The van der Waals surface area contributed by atoms with Gasteiger partial charge in [0.05, 0.1) is 18.9 Å². The third-order valence-corrected chi connectivity index (χ3v) is 4.65. The second-order valence-electron chi connectivity index (χ2n) is 6.38. The maximum Gasteiger partial charge on any atom is 0.224 e. The molecule has 0 aromatic carbocycles. The first-order valence-corrected chi connectivity index (χ1v) is 8.74. The third kappa shape index (κ3) is 3.63. The SMILES string of the molecule is Cc1nccnc1N1CCC(Nc2nccc(N3CCOCC3)n2)C1. The molecule has 4 rings (SSSR count). The van der Waals surface area contributed by atoms with E-state index >= 15 is 0 Å². The van der Waals surface area contributed by atoms with E-state index in [1.54, 1.807) is 12.4 Å². The van der Waals surface area contributed by atoms with Gasteiger partial charge in [0.1, 0.15) is 11.6 Å². The van der Waals surface area contributed by atoms with Gasteiger partial charge in [-0.3, -0.25) is 4.98 Å². The summed E-state index contributed by atoms with van der Waals surface area (Å²) < 4.78 is 5.41. The maximum atomic E-state index is 5.41. The molecule has 2 aromatic rings. The summed E-state index contributed by atoms with van der Waals surface area (Å²) in [7, 11) is 0. The molecule has 2 aliphatic heterocycles. The Morgan fingerprint density at radius 2 is 1.88 bits per heavy atom. The molecule has 0 aliphatic carbocycles. The van der Waals surface area contributed by atoms with Crippen LogP contribution in [0.15, 0.2) is 24.7 Å². The van der Waals surface area contributed by atoms with E-state index in [-0.39, 0.29) is 0 Å². The number of morpholine rings is 1. The molecule has 2 aliphatic rings. The number of aromatic nitrogens is 4. The average molecular weight is 341 g/mol. The van der Waals surface area contributed by atoms with Crippen molar-refractivity contribution in [1.29, 1.82) is 0 Å². The van der Waals surface area contributed by atoms with Gasteiger partial charge in [-0.1, -0.05) is 0 Å². The van der Waals surface area contributed by atoms with E-state index < -0.39 is 0 Å². The van der Waals surface area contributed by atoms with Crippen molar-refractivity contribution in [1.82, 2.24) is 19.9 Å². The number of rotatable bonds is 4. The second-order valence-corrected chi connectivity index (χ2v) is 6.38. The molecule has 1 N–H and O–H groups in total. The largest absolute Gasteiger partial charge is 0.378 e. The van der Waals surface area contributed by atoms with E-state index in [2.05, 4.69) is 35.1 Å². The lowest BCUT2D eigenvalue weighted by atomic mass is 10.3. The number of anilines is 3. The van der Waals surface area contributed by atoms with Crippen molar-refractivity contribution in [3.05, 3.63) is 30.4 Å². The van der Waals surface area contributed by atoms with Crippen molar-refractivity contribution in [2.24, 2.45) is 0 Å². The Labute approximate surface area is 147 Å². The molecule has 2 saturated heterocycles. The van der Waals surface area contributed by atoms with Gasteiger partial charge >= 0.3 is 0 Å². The summed E-state index contributed by atoms with van der Waals surface area (Å²) in [6.45, 7) is 7.09. The lowest BCUT2D eigenvalue weighted by molar-refractivity contribution is 0.122. The van der Waals surface area contributed by atoms with Crippen LogP contribution in [0.1, 0.15) is 12.1 Å². The minimum Gasteiger partial charge on any atom is -0.378 e. The van der Waals surface area contributed by atoms with Gasteiger partial charge in [-0.2, -0.15) is 4.98 Å². The predicted molar refractivity (Wildman–Crippen MR) is 96.1 cm³/mol. The highest BCUT2D eigenvalue weighted by molar-refractivity contribution is 5.46. The Bertz CT molecular complexity index is 720. The number of hydrogen-bond acceptors (Lipinski definition) is 8. The zero-order valence-corrected chi connectivity index (χ0v) is 14.4. The molecule has 8 heteroatoms. The van der Waals surface area contributed by atoms with Crippen LogP contribution in [0.3, 0.4) is 0 Å². The zero-order valence-electron chi connectivity index (χ0n) is 14.4. The van der Waals surface area contributed by atoms with Crippen molar-refractivity contribution in [2.75, 3.05) is 54.5 Å². The molecule has 0 radical (unpaired) electrons. The number of ether oxygens (including phenoxy) is 1. The van der Waals surface area contributed by atoms with Crippen LogP contribution in [0.5, 0.6) is 0 Å². The van der Waals surface area contributed by atoms with Crippen LogP contribution in [-0.2, 0) is 4.74 Å². The first-order valence-electron chi connectivity index (χ1n) is 8.74. The molecule has 2 fully saturated rings. The minimum atomic E-state index is 0.307. The number of nitrogens with zero attached hydrogens (tertiary/aromatic N) is 6. The summed E-state index contributed by atoms with van der Waals surface area (Å²) in [5.41, 5.74) is 0.966. The van der Waals surface area contributed by atoms with Gasteiger partial charge in [0.15, 0.2) is 0 Å². The summed E-state index contributed by atoms with van der Waals surface area (Å²) >= 11 is 0. The molecule has 0 amide bonds. The van der Waals surface area contributed by atoms with Gasteiger partial charge < -0.3 is 19.9 Å². The summed E-state index contributed by atoms with van der Waals surface area (Å²) in [6.07, 6.45) is 6.33. The monoisotopic (exact) mass is 341 g/mol. The van der Waals surface area contributed by atoms with Crippen LogP contribution in [0.2, 0.25) is 0 Å². The number of hydrogen-bond donors (Lipinski definition) is 1. The van der Waals surface area contributed by atoms with E-state index in [9.17, 15) is 0 Å². The standard InChI is InChI=1S/C17H23N7O/c1-13-16(19-6-5-18-13)24-7-3-14(12-24)21-17-20-4-2-15(22-17)23-8-10-25-11-9-23/h2,4-6,14H,3,7-12H2,1H3,(H,20,21,22). The van der Waals surface area contributed by atoms with Crippen molar-refractivity contribution < 1.29 is 4.74 Å². The van der Waals surface area contributed by atoms with E-state index in [4.69, 9.17) is 4.74 Å². The molecular formula is C17H23N7O. The quantitative estimate of drug-likeness (QED) is 0.886. The van der Waals surface area contributed by atoms with Crippen molar-refractivity contribution >= 4 is 17.6 Å². The molecular weight excluding hydrogens is 318 g/mol. The topological polar surface area (TPSA) is 79.3 Å². The Morgan fingerprint density at radius 1 is 1.04 bits per heavy atom. The molecule has 0 bridgehead atoms. The summed E-state index contributed by atoms with van der Waals surface area (Å²) in [6, 6.07) is 2.27. The Balaban J connectivity index is 1.40. The first-order chi connectivity index (χ1) is 12.3. The van der Waals surface area contributed by atoms with Crippen molar-refractivity contribution in [3.63, 3.8) is 0 Å².